The molecular formula is C22H30N4O. The molecule has 144 valence electrons. The lowest BCUT2D eigenvalue weighted by Crippen LogP contribution is -2.48. The van der Waals surface area contributed by atoms with Gasteiger partial charge in [0.25, 0.3) is 0 Å². The average Bonchev–Trinajstić information content (AvgIpc) is 3.23. The summed E-state index contributed by atoms with van der Waals surface area (Å²) in [6.45, 7) is 3.86. The van der Waals surface area contributed by atoms with Gasteiger partial charge in [0, 0.05) is 49.4 Å². The summed E-state index contributed by atoms with van der Waals surface area (Å²) in [6, 6.07) is 10.7. The number of fused-ring (bicyclic) bond motifs is 1. The Bertz CT molecular complexity index is 792. The normalized spacial score (nSPS) is 19.5. The quantitative estimate of drug-likeness (QED) is 0.905. The van der Waals surface area contributed by atoms with Crippen molar-refractivity contribution in [1.82, 2.24) is 20.0 Å². The molecule has 1 saturated carbocycles. The first-order valence-corrected chi connectivity index (χ1v) is 10.3. The van der Waals surface area contributed by atoms with Crippen molar-refractivity contribution < 1.29 is 4.79 Å². The van der Waals surface area contributed by atoms with Crippen LogP contribution in [0.15, 0.2) is 30.3 Å². The van der Waals surface area contributed by atoms with E-state index in [0.717, 1.165) is 44.5 Å². The van der Waals surface area contributed by atoms with Gasteiger partial charge in [0.1, 0.15) is 0 Å². The molecule has 1 aliphatic heterocycles. The molecule has 1 amide bonds. The van der Waals surface area contributed by atoms with E-state index in [1.165, 1.54) is 29.7 Å². The van der Waals surface area contributed by atoms with Crippen LogP contribution in [-0.4, -0.2) is 45.8 Å². The average molecular weight is 367 g/mol. The second-order valence-corrected chi connectivity index (χ2v) is 7.97. The zero-order valence-electron chi connectivity index (χ0n) is 16.4. The second kappa shape index (κ2) is 7.85. The Balaban J connectivity index is 1.47. The molecule has 0 radical (unpaired) electrons. The van der Waals surface area contributed by atoms with Crippen LogP contribution in [0.4, 0.5) is 0 Å². The largest absolute Gasteiger partial charge is 0.352 e. The number of aromatic nitrogens is 2. The highest BCUT2D eigenvalue weighted by Gasteiger charge is 2.28. The van der Waals surface area contributed by atoms with E-state index in [1.807, 2.05) is 17.8 Å². The van der Waals surface area contributed by atoms with Gasteiger partial charge in [-0.3, -0.25) is 14.4 Å². The van der Waals surface area contributed by atoms with Crippen LogP contribution < -0.4 is 5.32 Å². The highest BCUT2D eigenvalue weighted by Crippen LogP contribution is 2.28. The van der Waals surface area contributed by atoms with Crippen LogP contribution in [0.1, 0.15) is 43.9 Å². The van der Waals surface area contributed by atoms with Gasteiger partial charge in [0.2, 0.25) is 5.91 Å². The van der Waals surface area contributed by atoms with E-state index in [9.17, 15) is 4.79 Å². The van der Waals surface area contributed by atoms with E-state index in [4.69, 9.17) is 5.10 Å². The molecule has 0 bridgehead atoms. The van der Waals surface area contributed by atoms with Gasteiger partial charge < -0.3 is 5.32 Å². The summed E-state index contributed by atoms with van der Waals surface area (Å²) < 4.78 is 2.03. The lowest BCUT2D eigenvalue weighted by Gasteiger charge is -2.28. The smallest absolute Gasteiger partial charge is 0.237 e. The fourth-order valence-corrected chi connectivity index (χ4v) is 4.57. The molecule has 2 aliphatic rings. The summed E-state index contributed by atoms with van der Waals surface area (Å²) in [5, 5.41) is 8.06. The van der Waals surface area contributed by atoms with E-state index in [0.29, 0.717) is 6.04 Å². The van der Waals surface area contributed by atoms with E-state index in [-0.39, 0.29) is 11.9 Å². The number of carbonyl (C=O) groups excluding carboxylic acids is 1. The minimum absolute atomic E-state index is 0.0759. The Morgan fingerprint density at radius 1 is 1.15 bits per heavy atom. The van der Waals surface area contributed by atoms with Gasteiger partial charge in [0.05, 0.1) is 11.7 Å². The van der Waals surface area contributed by atoms with E-state index in [2.05, 4.69) is 41.4 Å². The summed E-state index contributed by atoms with van der Waals surface area (Å²) in [5.41, 5.74) is 4.92. The topological polar surface area (TPSA) is 50.2 Å². The van der Waals surface area contributed by atoms with Crippen molar-refractivity contribution in [1.29, 1.82) is 0 Å². The van der Waals surface area contributed by atoms with Crippen molar-refractivity contribution in [3.8, 4) is 11.3 Å². The van der Waals surface area contributed by atoms with Crippen molar-refractivity contribution in [2.45, 2.75) is 57.5 Å². The first kappa shape index (κ1) is 18.2. The van der Waals surface area contributed by atoms with Crippen molar-refractivity contribution in [2.24, 2.45) is 7.05 Å². The van der Waals surface area contributed by atoms with Gasteiger partial charge in [-0.05, 0) is 26.2 Å². The van der Waals surface area contributed by atoms with Crippen molar-refractivity contribution in [3.63, 3.8) is 0 Å². The summed E-state index contributed by atoms with van der Waals surface area (Å²) in [7, 11) is 2.04. The van der Waals surface area contributed by atoms with Crippen LogP contribution in [0.3, 0.4) is 0 Å². The Kier molecular flexibility index (Phi) is 5.30. The lowest BCUT2D eigenvalue weighted by atomic mass is 10.0. The summed E-state index contributed by atoms with van der Waals surface area (Å²) >= 11 is 0. The Morgan fingerprint density at radius 2 is 1.85 bits per heavy atom. The second-order valence-electron chi connectivity index (χ2n) is 7.97. The fourth-order valence-electron chi connectivity index (χ4n) is 4.57. The van der Waals surface area contributed by atoms with Crippen LogP contribution in [0, 0.1) is 0 Å². The van der Waals surface area contributed by atoms with Crippen LogP contribution >= 0.6 is 0 Å². The van der Waals surface area contributed by atoms with Gasteiger partial charge in [-0.15, -0.1) is 0 Å². The van der Waals surface area contributed by atoms with Crippen molar-refractivity contribution in [2.75, 3.05) is 13.1 Å². The Morgan fingerprint density at radius 3 is 2.59 bits per heavy atom. The fraction of sp³-hybridized carbons (Fsp3) is 0.545. The number of hydrogen-bond donors (Lipinski definition) is 1. The maximum absolute atomic E-state index is 12.7. The monoisotopic (exact) mass is 366 g/mol. The van der Waals surface area contributed by atoms with Gasteiger partial charge >= 0.3 is 0 Å². The zero-order chi connectivity index (χ0) is 18.8. The predicted molar refractivity (Wildman–Crippen MR) is 107 cm³/mol. The molecule has 0 saturated heterocycles. The van der Waals surface area contributed by atoms with Gasteiger partial charge in [-0.2, -0.15) is 5.10 Å². The highest BCUT2D eigenvalue weighted by molar-refractivity contribution is 5.81. The molecule has 1 N–H and O–H groups in total. The third kappa shape index (κ3) is 3.79. The molecular weight excluding hydrogens is 336 g/mol. The standard InChI is InChI=1S/C22H30N4O/c1-16(22(27)23-18-10-6-7-11-18)26-14-12-19-20(13-15-26)25(2)24-21(19)17-8-4-3-5-9-17/h3-5,8-9,16,18H,6-7,10-15H2,1-2H3,(H,23,27). The van der Waals surface area contributed by atoms with Gasteiger partial charge in [-0.1, -0.05) is 43.2 Å². The van der Waals surface area contributed by atoms with Gasteiger partial charge in [-0.25, -0.2) is 0 Å². The van der Waals surface area contributed by atoms with E-state index in [1.54, 1.807) is 0 Å². The molecule has 0 spiro atoms. The molecule has 5 nitrogen and oxygen atoms in total. The third-order valence-corrected chi connectivity index (χ3v) is 6.24. The molecule has 1 aromatic carbocycles. The van der Waals surface area contributed by atoms with Crippen LogP contribution in [0.5, 0.6) is 0 Å². The molecule has 5 heteroatoms. The maximum Gasteiger partial charge on any atom is 0.237 e. The van der Waals surface area contributed by atoms with E-state index < -0.39 is 0 Å². The number of benzene rings is 1. The summed E-state index contributed by atoms with van der Waals surface area (Å²) in [6.07, 6.45) is 6.63. The number of nitrogens with one attached hydrogen (secondary N) is 1. The van der Waals surface area contributed by atoms with Crippen molar-refractivity contribution in [3.05, 3.63) is 41.6 Å². The number of amides is 1. The SMILES string of the molecule is CC(C(=O)NC1CCCC1)N1CCc2c(-c3ccccc3)nn(C)c2CC1. The van der Waals surface area contributed by atoms with Crippen LogP contribution in [-0.2, 0) is 24.7 Å². The van der Waals surface area contributed by atoms with Crippen LogP contribution in [0.25, 0.3) is 11.3 Å². The molecule has 1 fully saturated rings. The Hall–Kier alpha value is -2.14. The molecule has 2 aromatic rings. The summed E-state index contributed by atoms with van der Waals surface area (Å²) in [4.78, 5) is 15.0. The number of rotatable bonds is 4. The first-order chi connectivity index (χ1) is 13.1. The number of hydrogen-bond acceptors (Lipinski definition) is 3. The number of aryl methyl sites for hydroxylation is 1. The molecule has 2 heterocycles. The molecule has 1 unspecified atom stereocenters. The minimum Gasteiger partial charge on any atom is -0.352 e. The van der Waals surface area contributed by atoms with E-state index >= 15 is 0 Å². The summed E-state index contributed by atoms with van der Waals surface area (Å²) in [5.74, 6) is 0.189. The zero-order valence-corrected chi connectivity index (χ0v) is 16.4. The molecule has 1 aromatic heterocycles. The Labute approximate surface area is 161 Å². The molecule has 4 rings (SSSR count). The number of carbonyl (C=O) groups is 1. The predicted octanol–water partition coefficient (Wildman–Crippen LogP) is 2.94. The minimum atomic E-state index is -0.0759. The highest BCUT2D eigenvalue weighted by atomic mass is 16.2. The third-order valence-electron chi connectivity index (χ3n) is 6.24. The van der Waals surface area contributed by atoms with Crippen LogP contribution in [0.2, 0.25) is 0 Å². The number of nitrogens with zero attached hydrogens (tertiary/aromatic N) is 3. The molecule has 1 aliphatic carbocycles. The lowest BCUT2D eigenvalue weighted by molar-refractivity contribution is -0.126. The first-order valence-electron chi connectivity index (χ1n) is 10.3. The van der Waals surface area contributed by atoms with Gasteiger partial charge in [0.15, 0.2) is 0 Å². The maximum atomic E-state index is 12.7. The molecule has 1 atom stereocenters. The van der Waals surface area contributed by atoms with Crippen molar-refractivity contribution >= 4 is 5.91 Å². The molecule has 27 heavy (non-hydrogen) atoms.